The molecule has 2 N–H and O–H groups in total. The average Bonchev–Trinajstić information content (AvgIpc) is 2.97. The van der Waals surface area contributed by atoms with E-state index in [1.165, 1.54) is 0 Å². The van der Waals surface area contributed by atoms with E-state index in [0.29, 0.717) is 11.5 Å². The van der Waals surface area contributed by atoms with Gasteiger partial charge < -0.3 is 15.1 Å². The van der Waals surface area contributed by atoms with Crippen LogP contribution in [0.4, 0.5) is 5.69 Å². The molecule has 2 aromatic rings. The Hall–Kier alpha value is -1.46. The predicted molar refractivity (Wildman–Crippen MR) is 94.2 cm³/mol. The molecule has 3 nitrogen and oxygen atoms in total. The Morgan fingerprint density at radius 3 is 2.67 bits per heavy atom. The summed E-state index contributed by atoms with van der Waals surface area (Å²) in [5.41, 5.74) is 8.01. The van der Waals surface area contributed by atoms with Gasteiger partial charge in [-0.15, -0.1) is 11.8 Å². The second-order valence-corrected chi connectivity index (χ2v) is 6.29. The van der Waals surface area contributed by atoms with Crippen LogP contribution in [0.2, 0.25) is 0 Å². The van der Waals surface area contributed by atoms with E-state index >= 15 is 0 Å². The largest absolute Gasteiger partial charge is 0.467 e. The van der Waals surface area contributed by atoms with Gasteiger partial charge in [-0.2, -0.15) is 0 Å². The highest BCUT2D eigenvalue weighted by atomic mass is 32.2. The summed E-state index contributed by atoms with van der Waals surface area (Å²) in [7, 11) is 0. The normalized spacial score (nSPS) is 10.6. The van der Waals surface area contributed by atoms with Gasteiger partial charge in [-0.25, -0.2) is 0 Å². The van der Waals surface area contributed by atoms with Gasteiger partial charge in [0.2, 0.25) is 0 Å². The number of hydrogen-bond donors (Lipinski definition) is 1. The molecule has 1 heterocycles. The number of nitrogens with zero attached hydrogens (tertiary/aromatic N) is 1. The minimum absolute atomic E-state index is 0.444. The van der Waals surface area contributed by atoms with Gasteiger partial charge >= 0.3 is 0 Å². The van der Waals surface area contributed by atoms with Gasteiger partial charge in [-0.1, -0.05) is 25.2 Å². The van der Waals surface area contributed by atoms with Crippen molar-refractivity contribution in [3.8, 4) is 0 Å². The summed E-state index contributed by atoms with van der Waals surface area (Å²) in [6.07, 6.45) is 1.70. The van der Waals surface area contributed by atoms with Gasteiger partial charge in [-0.05, 0) is 36.9 Å². The fraction of sp³-hybridized carbons (Fsp3) is 0.312. The highest BCUT2D eigenvalue weighted by molar-refractivity contribution is 7.99. The zero-order valence-electron chi connectivity index (χ0n) is 12.3. The number of benzene rings is 1. The third-order valence-electron chi connectivity index (χ3n) is 3.20. The molecule has 21 heavy (non-hydrogen) atoms. The summed E-state index contributed by atoms with van der Waals surface area (Å²) in [6, 6.07) is 10.1. The van der Waals surface area contributed by atoms with E-state index in [0.717, 1.165) is 34.2 Å². The second kappa shape index (κ2) is 7.52. The van der Waals surface area contributed by atoms with Gasteiger partial charge in [0.1, 0.15) is 10.7 Å². The van der Waals surface area contributed by atoms with Crippen molar-refractivity contribution >= 4 is 34.7 Å². The minimum atomic E-state index is 0.444. The maximum atomic E-state index is 5.98. The first-order valence-corrected chi connectivity index (χ1v) is 8.39. The Balaban J connectivity index is 2.40. The third-order valence-corrected chi connectivity index (χ3v) is 4.34. The molecule has 2 rings (SSSR count). The third kappa shape index (κ3) is 3.80. The van der Waals surface area contributed by atoms with Crippen LogP contribution in [0.3, 0.4) is 0 Å². The zero-order valence-corrected chi connectivity index (χ0v) is 14.0. The van der Waals surface area contributed by atoms with E-state index in [1.54, 1.807) is 18.0 Å². The van der Waals surface area contributed by atoms with Crippen molar-refractivity contribution in [3.63, 3.8) is 0 Å². The molecule has 0 aliphatic rings. The molecule has 112 valence electrons. The molecule has 0 amide bonds. The highest BCUT2D eigenvalue weighted by Gasteiger charge is 2.16. The lowest BCUT2D eigenvalue weighted by Gasteiger charge is -2.25. The lowest BCUT2D eigenvalue weighted by atomic mass is 10.1. The molecular formula is C16H20N2OS2. The predicted octanol–water partition coefficient (Wildman–Crippen LogP) is 4.05. The summed E-state index contributed by atoms with van der Waals surface area (Å²) in [6.45, 7) is 5.81. The Kier molecular flexibility index (Phi) is 5.70. The Morgan fingerprint density at radius 2 is 2.10 bits per heavy atom. The molecule has 0 atom stereocenters. The van der Waals surface area contributed by atoms with Crippen LogP contribution in [0.1, 0.15) is 25.2 Å². The first-order chi connectivity index (χ1) is 10.2. The number of anilines is 1. The molecule has 1 aromatic heterocycles. The fourth-order valence-electron chi connectivity index (χ4n) is 2.26. The highest BCUT2D eigenvalue weighted by Crippen LogP contribution is 2.31. The maximum Gasteiger partial charge on any atom is 0.123 e. The van der Waals surface area contributed by atoms with E-state index < -0.39 is 0 Å². The van der Waals surface area contributed by atoms with Crippen molar-refractivity contribution in [3.05, 3.63) is 47.9 Å². The molecule has 0 spiro atoms. The first-order valence-electron chi connectivity index (χ1n) is 7.00. The van der Waals surface area contributed by atoms with Crippen LogP contribution in [-0.2, 0) is 6.54 Å². The quantitative estimate of drug-likeness (QED) is 0.616. The van der Waals surface area contributed by atoms with Crippen molar-refractivity contribution in [1.82, 2.24) is 0 Å². The Bertz CT molecular complexity index is 596. The van der Waals surface area contributed by atoms with Gasteiger partial charge in [0, 0.05) is 22.7 Å². The van der Waals surface area contributed by atoms with Crippen LogP contribution in [0.5, 0.6) is 0 Å². The van der Waals surface area contributed by atoms with Crippen LogP contribution in [-0.4, -0.2) is 17.3 Å². The number of hydrogen-bond acceptors (Lipinski definition) is 4. The second-order valence-electron chi connectivity index (χ2n) is 4.54. The van der Waals surface area contributed by atoms with Gasteiger partial charge in [0.05, 0.1) is 12.8 Å². The van der Waals surface area contributed by atoms with Crippen LogP contribution in [0.25, 0.3) is 0 Å². The molecule has 0 fully saturated rings. The van der Waals surface area contributed by atoms with E-state index in [2.05, 4.69) is 36.9 Å². The molecule has 0 saturated carbocycles. The van der Waals surface area contributed by atoms with Crippen LogP contribution >= 0.6 is 24.0 Å². The molecule has 0 aliphatic carbocycles. The van der Waals surface area contributed by atoms with Crippen LogP contribution in [0.15, 0.2) is 45.9 Å². The van der Waals surface area contributed by atoms with Crippen molar-refractivity contribution in [2.24, 2.45) is 5.73 Å². The molecule has 0 aliphatic heterocycles. The standard InChI is InChI=1S/C16H20N2OS2/c1-3-18(11-12-7-6-10-19-12)13-8-5-9-14(21-4-2)15(13)16(17)20/h5-10H,3-4,11H2,1-2H3,(H2,17,20). The van der Waals surface area contributed by atoms with E-state index in [9.17, 15) is 0 Å². The maximum absolute atomic E-state index is 5.98. The number of furan rings is 1. The first kappa shape index (κ1) is 15.9. The minimum Gasteiger partial charge on any atom is -0.467 e. The molecule has 0 bridgehead atoms. The fourth-order valence-corrected chi connectivity index (χ4v) is 3.39. The topological polar surface area (TPSA) is 42.4 Å². The van der Waals surface area contributed by atoms with Gasteiger partial charge in [0.25, 0.3) is 0 Å². The molecular weight excluding hydrogens is 300 g/mol. The number of thioether (sulfide) groups is 1. The lowest BCUT2D eigenvalue weighted by molar-refractivity contribution is 0.503. The van der Waals surface area contributed by atoms with Gasteiger partial charge in [0.15, 0.2) is 0 Å². The van der Waals surface area contributed by atoms with Crippen molar-refractivity contribution < 1.29 is 4.42 Å². The van der Waals surface area contributed by atoms with Crippen LogP contribution in [0, 0.1) is 0 Å². The summed E-state index contributed by atoms with van der Waals surface area (Å²) in [5.74, 6) is 1.92. The molecule has 1 aromatic carbocycles. The summed E-state index contributed by atoms with van der Waals surface area (Å²) in [4.78, 5) is 3.81. The SMILES string of the molecule is CCSc1cccc(N(CC)Cc2ccco2)c1C(N)=S. The Labute approximate surface area is 135 Å². The average molecular weight is 320 g/mol. The van der Waals surface area contributed by atoms with E-state index in [1.807, 2.05) is 12.1 Å². The van der Waals surface area contributed by atoms with Crippen LogP contribution < -0.4 is 10.6 Å². The van der Waals surface area contributed by atoms with Crippen molar-refractivity contribution in [1.29, 1.82) is 0 Å². The van der Waals surface area contributed by atoms with Crippen molar-refractivity contribution in [2.75, 3.05) is 17.2 Å². The van der Waals surface area contributed by atoms with E-state index in [-0.39, 0.29) is 0 Å². The molecule has 0 saturated heterocycles. The van der Waals surface area contributed by atoms with Crippen molar-refractivity contribution in [2.45, 2.75) is 25.3 Å². The number of nitrogens with two attached hydrogens (primary N) is 1. The summed E-state index contributed by atoms with van der Waals surface area (Å²) < 4.78 is 5.45. The summed E-state index contributed by atoms with van der Waals surface area (Å²) in [5, 5.41) is 0. The number of thiocarbonyl (C=S) groups is 1. The van der Waals surface area contributed by atoms with E-state index in [4.69, 9.17) is 22.4 Å². The lowest BCUT2D eigenvalue weighted by Crippen LogP contribution is -2.25. The molecule has 5 heteroatoms. The Morgan fingerprint density at radius 1 is 1.29 bits per heavy atom. The zero-order chi connectivity index (χ0) is 15.2. The summed E-state index contributed by atoms with van der Waals surface area (Å²) >= 11 is 7.04. The number of rotatable bonds is 7. The smallest absolute Gasteiger partial charge is 0.123 e. The van der Waals surface area contributed by atoms with Gasteiger partial charge in [-0.3, -0.25) is 0 Å². The molecule has 0 radical (unpaired) electrons. The molecule has 0 unspecified atom stereocenters. The monoisotopic (exact) mass is 320 g/mol.